The van der Waals surface area contributed by atoms with Gasteiger partial charge in [0.1, 0.15) is 0 Å². The molecule has 1 N–H and O–H groups in total. The summed E-state index contributed by atoms with van der Waals surface area (Å²) in [6.07, 6.45) is 6.29. The van der Waals surface area contributed by atoms with Gasteiger partial charge in [-0.05, 0) is 31.7 Å². The van der Waals surface area contributed by atoms with Crippen molar-refractivity contribution in [3.05, 3.63) is 18.0 Å². The van der Waals surface area contributed by atoms with Gasteiger partial charge in [-0.3, -0.25) is 4.68 Å². The Morgan fingerprint density at radius 3 is 2.95 bits per heavy atom. The van der Waals surface area contributed by atoms with Crippen molar-refractivity contribution in [1.29, 1.82) is 0 Å². The Morgan fingerprint density at radius 1 is 1.38 bits per heavy atom. The van der Waals surface area contributed by atoms with Crippen molar-refractivity contribution >= 4 is 0 Å². The molecule has 0 aliphatic carbocycles. The normalized spacial score (nSPS) is 25.6. The standard InChI is InChI=1S/C16H27N3O2/c1-13(2)17-12-14-3-7-19(18-14)15-4-8-21-16(11-15)5-9-20-10-6-16/h3,7,13,15,17H,4-6,8-12H2,1-2H3. The second-order valence-corrected chi connectivity index (χ2v) is 6.61. The lowest BCUT2D eigenvalue weighted by Gasteiger charge is -2.43. The molecule has 5 nitrogen and oxygen atoms in total. The van der Waals surface area contributed by atoms with E-state index in [1.807, 2.05) is 0 Å². The van der Waals surface area contributed by atoms with Gasteiger partial charge in [0.2, 0.25) is 0 Å². The summed E-state index contributed by atoms with van der Waals surface area (Å²) in [7, 11) is 0. The molecule has 2 saturated heterocycles. The van der Waals surface area contributed by atoms with E-state index in [1.54, 1.807) is 0 Å². The van der Waals surface area contributed by atoms with Crippen LogP contribution in [-0.2, 0) is 16.0 Å². The van der Waals surface area contributed by atoms with Crippen LogP contribution in [0.2, 0.25) is 0 Å². The van der Waals surface area contributed by atoms with Gasteiger partial charge >= 0.3 is 0 Å². The van der Waals surface area contributed by atoms with Crippen LogP contribution in [0, 0.1) is 0 Å². The molecule has 0 radical (unpaired) electrons. The van der Waals surface area contributed by atoms with Crippen LogP contribution < -0.4 is 5.32 Å². The van der Waals surface area contributed by atoms with E-state index >= 15 is 0 Å². The number of nitrogens with zero attached hydrogens (tertiary/aromatic N) is 2. The van der Waals surface area contributed by atoms with Crippen molar-refractivity contribution in [2.75, 3.05) is 19.8 Å². The van der Waals surface area contributed by atoms with E-state index in [2.05, 4.69) is 36.1 Å². The van der Waals surface area contributed by atoms with E-state index in [9.17, 15) is 0 Å². The Balaban J connectivity index is 1.63. The number of hydrogen-bond acceptors (Lipinski definition) is 4. The first kappa shape index (κ1) is 15.0. The van der Waals surface area contributed by atoms with Gasteiger partial charge in [0, 0.05) is 38.6 Å². The molecule has 3 rings (SSSR count). The average molecular weight is 293 g/mol. The molecule has 0 saturated carbocycles. The van der Waals surface area contributed by atoms with Crippen LogP contribution >= 0.6 is 0 Å². The van der Waals surface area contributed by atoms with Crippen molar-refractivity contribution in [2.24, 2.45) is 0 Å². The zero-order chi connectivity index (χ0) is 14.7. The summed E-state index contributed by atoms with van der Waals surface area (Å²) in [5, 5.41) is 8.17. The highest BCUT2D eigenvalue weighted by molar-refractivity contribution is 5.01. The summed E-state index contributed by atoms with van der Waals surface area (Å²) >= 11 is 0. The molecular formula is C16H27N3O2. The molecule has 5 heteroatoms. The molecule has 1 unspecified atom stereocenters. The molecule has 118 valence electrons. The quantitative estimate of drug-likeness (QED) is 0.925. The predicted octanol–water partition coefficient (Wildman–Crippen LogP) is 2.28. The van der Waals surface area contributed by atoms with E-state index in [1.165, 1.54) is 0 Å². The Morgan fingerprint density at radius 2 is 2.19 bits per heavy atom. The van der Waals surface area contributed by atoms with Gasteiger partial charge in [-0.15, -0.1) is 0 Å². The Kier molecular flexibility index (Phi) is 4.62. The van der Waals surface area contributed by atoms with Gasteiger partial charge in [0.15, 0.2) is 0 Å². The minimum atomic E-state index is 0.0312. The first-order chi connectivity index (χ1) is 10.2. The van der Waals surface area contributed by atoms with Crippen LogP contribution in [0.1, 0.15) is 51.3 Å². The summed E-state index contributed by atoms with van der Waals surface area (Å²) in [4.78, 5) is 0. The number of ether oxygens (including phenoxy) is 2. The van der Waals surface area contributed by atoms with Crippen LogP contribution in [0.3, 0.4) is 0 Å². The molecular weight excluding hydrogens is 266 g/mol. The highest BCUT2D eigenvalue weighted by atomic mass is 16.5. The molecule has 2 fully saturated rings. The van der Waals surface area contributed by atoms with Crippen molar-refractivity contribution in [1.82, 2.24) is 15.1 Å². The zero-order valence-corrected chi connectivity index (χ0v) is 13.2. The fraction of sp³-hybridized carbons (Fsp3) is 0.812. The molecule has 1 atom stereocenters. The first-order valence-electron chi connectivity index (χ1n) is 8.16. The van der Waals surface area contributed by atoms with Gasteiger partial charge in [0.25, 0.3) is 0 Å². The number of nitrogens with one attached hydrogen (secondary N) is 1. The van der Waals surface area contributed by atoms with Gasteiger partial charge in [-0.25, -0.2) is 0 Å². The third kappa shape index (κ3) is 3.65. The van der Waals surface area contributed by atoms with Crippen LogP contribution in [0.4, 0.5) is 0 Å². The fourth-order valence-electron chi connectivity index (χ4n) is 3.30. The van der Waals surface area contributed by atoms with Crippen LogP contribution in [0.5, 0.6) is 0 Å². The van der Waals surface area contributed by atoms with E-state index in [4.69, 9.17) is 14.6 Å². The minimum Gasteiger partial charge on any atom is -0.381 e. The van der Waals surface area contributed by atoms with Gasteiger partial charge < -0.3 is 14.8 Å². The Labute approximate surface area is 127 Å². The average Bonchev–Trinajstić information content (AvgIpc) is 2.95. The molecule has 1 spiro atoms. The monoisotopic (exact) mass is 293 g/mol. The molecule has 0 amide bonds. The molecule has 3 heterocycles. The number of aromatic nitrogens is 2. The minimum absolute atomic E-state index is 0.0312. The zero-order valence-electron chi connectivity index (χ0n) is 13.2. The SMILES string of the molecule is CC(C)NCc1ccn(C2CCOC3(CCOCC3)C2)n1. The van der Waals surface area contributed by atoms with E-state index < -0.39 is 0 Å². The fourth-order valence-corrected chi connectivity index (χ4v) is 3.30. The van der Waals surface area contributed by atoms with Gasteiger partial charge in [-0.1, -0.05) is 13.8 Å². The Hall–Kier alpha value is -0.910. The second kappa shape index (κ2) is 6.46. The largest absolute Gasteiger partial charge is 0.381 e. The third-order valence-corrected chi connectivity index (χ3v) is 4.60. The summed E-state index contributed by atoms with van der Waals surface area (Å²) in [5.74, 6) is 0. The predicted molar refractivity (Wildman–Crippen MR) is 81.2 cm³/mol. The number of rotatable bonds is 4. The lowest BCUT2D eigenvalue weighted by atomic mass is 9.84. The molecule has 0 aromatic carbocycles. The summed E-state index contributed by atoms with van der Waals surface area (Å²) in [5.41, 5.74) is 1.15. The first-order valence-corrected chi connectivity index (χ1v) is 8.16. The molecule has 0 bridgehead atoms. The third-order valence-electron chi connectivity index (χ3n) is 4.60. The maximum atomic E-state index is 6.11. The number of hydrogen-bond donors (Lipinski definition) is 1. The van der Waals surface area contributed by atoms with Crippen molar-refractivity contribution < 1.29 is 9.47 Å². The smallest absolute Gasteiger partial charge is 0.0762 e. The second-order valence-electron chi connectivity index (χ2n) is 6.61. The van der Waals surface area contributed by atoms with Crippen molar-refractivity contribution in [3.63, 3.8) is 0 Å². The maximum absolute atomic E-state index is 6.11. The van der Waals surface area contributed by atoms with E-state index in [0.29, 0.717) is 12.1 Å². The van der Waals surface area contributed by atoms with E-state index in [-0.39, 0.29) is 5.60 Å². The lowest BCUT2D eigenvalue weighted by molar-refractivity contribution is -0.145. The molecule has 1 aromatic rings. The van der Waals surface area contributed by atoms with Gasteiger partial charge in [-0.2, -0.15) is 5.10 Å². The van der Waals surface area contributed by atoms with Crippen LogP contribution in [0.25, 0.3) is 0 Å². The van der Waals surface area contributed by atoms with Crippen LogP contribution in [-0.4, -0.2) is 41.2 Å². The van der Waals surface area contributed by atoms with Crippen molar-refractivity contribution in [2.45, 2.75) is 63.8 Å². The van der Waals surface area contributed by atoms with Crippen LogP contribution in [0.15, 0.2) is 12.3 Å². The summed E-state index contributed by atoms with van der Waals surface area (Å²) in [6, 6.07) is 3.08. The maximum Gasteiger partial charge on any atom is 0.0762 e. The molecule has 2 aliphatic heterocycles. The molecule has 21 heavy (non-hydrogen) atoms. The molecule has 1 aromatic heterocycles. The summed E-state index contributed by atoms with van der Waals surface area (Å²) < 4.78 is 13.7. The highest BCUT2D eigenvalue weighted by Crippen LogP contribution is 2.38. The highest BCUT2D eigenvalue weighted by Gasteiger charge is 2.39. The molecule has 2 aliphatic rings. The van der Waals surface area contributed by atoms with Crippen molar-refractivity contribution in [3.8, 4) is 0 Å². The summed E-state index contributed by atoms with van der Waals surface area (Å²) in [6.45, 7) is 7.65. The van der Waals surface area contributed by atoms with Gasteiger partial charge in [0.05, 0.1) is 17.3 Å². The lowest BCUT2D eigenvalue weighted by Crippen LogP contribution is -2.44. The van der Waals surface area contributed by atoms with E-state index in [0.717, 1.165) is 57.7 Å². The Bertz CT molecular complexity index is 447. The topological polar surface area (TPSA) is 48.3 Å².